The molecule has 3 heterocycles. The molecule has 2 N–H and O–H groups in total. The number of amides is 5. The maximum absolute atomic E-state index is 12.9. The molecule has 4 aliphatic rings. The van der Waals surface area contributed by atoms with Crippen LogP contribution in [-0.4, -0.2) is 76.8 Å². The van der Waals surface area contributed by atoms with Crippen LogP contribution < -0.4 is 10.7 Å². The van der Waals surface area contributed by atoms with Gasteiger partial charge in [0.25, 0.3) is 11.8 Å². The largest absolute Gasteiger partial charge is 0.344 e. The molecule has 9 heteroatoms. The van der Waals surface area contributed by atoms with Gasteiger partial charge in [-0.05, 0) is 70.4 Å². The quantitative estimate of drug-likeness (QED) is 0.638. The highest BCUT2D eigenvalue weighted by Crippen LogP contribution is 2.35. The molecule has 4 fully saturated rings. The molecule has 3 saturated heterocycles. The standard InChI is InChI=1S/C23H37N5O4/c1-17-6-10-23(11-7-17)21(31)28(22(32)24-23)25-19(29)16-26-14-8-18(9-15-26)20(30)27-12-4-2-3-5-13-27/h17-18H,2-16H2,1H3,(H,24,32)(H,25,29). The van der Waals surface area contributed by atoms with Gasteiger partial charge in [-0.15, -0.1) is 0 Å². The van der Waals surface area contributed by atoms with Crippen molar-refractivity contribution >= 4 is 23.8 Å². The molecule has 0 bridgehead atoms. The zero-order chi connectivity index (χ0) is 22.7. The van der Waals surface area contributed by atoms with Gasteiger partial charge in [-0.1, -0.05) is 19.8 Å². The summed E-state index contributed by atoms with van der Waals surface area (Å²) in [6, 6.07) is -0.542. The Morgan fingerprint density at radius 2 is 1.59 bits per heavy atom. The Morgan fingerprint density at radius 3 is 2.22 bits per heavy atom. The van der Waals surface area contributed by atoms with Crippen LogP contribution in [0.15, 0.2) is 0 Å². The summed E-state index contributed by atoms with van der Waals surface area (Å²) in [7, 11) is 0. The molecule has 9 nitrogen and oxygen atoms in total. The second kappa shape index (κ2) is 9.77. The zero-order valence-corrected chi connectivity index (χ0v) is 19.2. The average Bonchev–Trinajstić information content (AvgIpc) is 2.98. The molecule has 1 spiro atoms. The molecule has 0 radical (unpaired) electrons. The lowest BCUT2D eigenvalue weighted by molar-refractivity contribution is -0.141. The van der Waals surface area contributed by atoms with Gasteiger partial charge in [0.15, 0.2) is 0 Å². The van der Waals surface area contributed by atoms with E-state index in [0.717, 1.165) is 56.6 Å². The first-order valence-electron chi connectivity index (χ1n) is 12.4. The van der Waals surface area contributed by atoms with E-state index in [4.69, 9.17) is 0 Å². The lowest BCUT2D eigenvalue weighted by atomic mass is 9.77. The molecule has 3 aliphatic heterocycles. The summed E-state index contributed by atoms with van der Waals surface area (Å²) < 4.78 is 0. The second-order valence-corrected chi connectivity index (χ2v) is 10.2. The van der Waals surface area contributed by atoms with Crippen molar-refractivity contribution in [2.45, 2.75) is 76.7 Å². The molecule has 0 aromatic carbocycles. The van der Waals surface area contributed by atoms with Gasteiger partial charge in [0.1, 0.15) is 5.54 Å². The summed E-state index contributed by atoms with van der Waals surface area (Å²) in [5.41, 5.74) is 1.66. The van der Waals surface area contributed by atoms with E-state index in [-0.39, 0.29) is 30.2 Å². The van der Waals surface area contributed by atoms with Gasteiger partial charge in [0, 0.05) is 19.0 Å². The second-order valence-electron chi connectivity index (χ2n) is 10.2. The first kappa shape index (κ1) is 23.0. The number of urea groups is 1. The number of imide groups is 1. The Hall–Kier alpha value is -2.16. The number of carbonyl (C=O) groups excluding carboxylic acids is 4. The molecule has 5 amide bonds. The number of rotatable bonds is 4. The van der Waals surface area contributed by atoms with Crippen LogP contribution in [0.5, 0.6) is 0 Å². The molecular weight excluding hydrogens is 410 g/mol. The van der Waals surface area contributed by atoms with Crippen molar-refractivity contribution in [3.05, 3.63) is 0 Å². The molecule has 0 aromatic heterocycles. The Labute approximate surface area is 190 Å². The first-order chi connectivity index (χ1) is 15.4. The topological polar surface area (TPSA) is 102 Å². The number of piperidine rings is 1. The van der Waals surface area contributed by atoms with Crippen LogP contribution in [0.1, 0.15) is 71.1 Å². The maximum atomic E-state index is 12.9. The Bertz CT molecular complexity index is 733. The van der Waals surface area contributed by atoms with Crippen molar-refractivity contribution in [2.75, 3.05) is 32.7 Å². The van der Waals surface area contributed by atoms with Gasteiger partial charge < -0.3 is 10.2 Å². The van der Waals surface area contributed by atoms with Crippen molar-refractivity contribution in [1.29, 1.82) is 0 Å². The van der Waals surface area contributed by atoms with Crippen LogP contribution in [0.25, 0.3) is 0 Å². The highest BCUT2D eigenvalue weighted by molar-refractivity contribution is 6.08. The van der Waals surface area contributed by atoms with Gasteiger partial charge in [-0.3, -0.25) is 24.7 Å². The van der Waals surface area contributed by atoms with Crippen LogP contribution in [-0.2, 0) is 14.4 Å². The normalized spacial score (nSPS) is 30.3. The van der Waals surface area contributed by atoms with Crippen LogP contribution in [0.2, 0.25) is 0 Å². The van der Waals surface area contributed by atoms with Crippen molar-refractivity contribution < 1.29 is 19.2 Å². The van der Waals surface area contributed by atoms with Crippen LogP contribution in [0, 0.1) is 11.8 Å². The van der Waals surface area contributed by atoms with E-state index in [9.17, 15) is 19.2 Å². The molecule has 0 atom stereocenters. The third-order valence-electron chi connectivity index (χ3n) is 7.75. The SMILES string of the molecule is CC1CCC2(CC1)NC(=O)N(NC(=O)CN1CCC(C(=O)N3CCCCCC3)CC1)C2=O. The number of nitrogens with one attached hydrogen (secondary N) is 2. The maximum Gasteiger partial charge on any atom is 0.344 e. The predicted molar refractivity (Wildman–Crippen MR) is 118 cm³/mol. The molecule has 178 valence electrons. The minimum Gasteiger partial charge on any atom is -0.342 e. The van der Waals surface area contributed by atoms with E-state index >= 15 is 0 Å². The van der Waals surface area contributed by atoms with Gasteiger partial charge in [0.05, 0.1) is 6.54 Å². The first-order valence-corrected chi connectivity index (χ1v) is 12.4. The molecule has 0 unspecified atom stereocenters. The summed E-state index contributed by atoms with van der Waals surface area (Å²) in [5, 5.41) is 3.69. The number of hydrazine groups is 1. The third-order valence-corrected chi connectivity index (χ3v) is 7.75. The molecule has 0 aromatic rings. The minimum atomic E-state index is -0.858. The zero-order valence-electron chi connectivity index (χ0n) is 19.2. The monoisotopic (exact) mass is 447 g/mol. The van der Waals surface area contributed by atoms with E-state index in [0.29, 0.717) is 31.8 Å². The average molecular weight is 448 g/mol. The van der Waals surface area contributed by atoms with Gasteiger partial charge in [-0.25, -0.2) is 4.79 Å². The third kappa shape index (κ3) is 4.92. The summed E-state index contributed by atoms with van der Waals surface area (Å²) in [5.74, 6) is 0.133. The Morgan fingerprint density at radius 1 is 0.969 bits per heavy atom. The fourth-order valence-electron chi connectivity index (χ4n) is 5.57. The van der Waals surface area contributed by atoms with Crippen molar-refractivity contribution in [1.82, 2.24) is 25.6 Å². The Kier molecular flexibility index (Phi) is 7.02. The summed E-state index contributed by atoms with van der Waals surface area (Å²) in [4.78, 5) is 54.7. The van der Waals surface area contributed by atoms with E-state index in [1.165, 1.54) is 12.8 Å². The highest BCUT2D eigenvalue weighted by atomic mass is 16.2. The molecule has 4 rings (SSSR count). The van der Waals surface area contributed by atoms with Gasteiger partial charge in [-0.2, -0.15) is 5.01 Å². The lowest BCUT2D eigenvalue weighted by Gasteiger charge is -2.34. The molecule has 1 saturated carbocycles. The fourth-order valence-corrected chi connectivity index (χ4v) is 5.57. The van der Waals surface area contributed by atoms with Crippen LogP contribution >= 0.6 is 0 Å². The number of hydrogen-bond donors (Lipinski definition) is 2. The van der Waals surface area contributed by atoms with E-state index in [2.05, 4.69) is 17.7 Å². The fraction of sp³-hybridized carbons (Fsp3) is 0.826. The molecular formula is C23H37N5O4. The smallest absolute Gasteiger partial charge is 0.342 e. The van der Waals surface area contributed by atoms with Crippen molar-refractivity contribution in [3.63, 3.8) is 0 Å². The minimum absolute atomic E-state index is 0.0342. The van der Waals surface area contributed by atoms with Crippen LogP contribution in [0.3, 0.4) is 0 Å². The van der Waals surface area contributed by atoms with E-state index < -0.39 is 11.6 Å². The van der Waals surface area contributed by atoms with Crippen molar-refractivity contribution in [3.8, 4) is 0 Å². The number of likely N-dealkylation sites (tertiary alicyclic amines) is 2. The van der Waals surface area contributed by atoms with Gasteiger partial charge >= 0.3 is 6.03 Å². The summed E-state index contributed by atoms with van der Waals surface area (Å²) >= 11 is 0. The number of nitrogens with zero attached hydrogens (tertiary/aromatic N) is 3. The van der Waals surface area contributed by atoms with Gasteiger partial charge in [0.2, 0.25) is 5.91 Å². The highest BCUT2D eigenvalue weighted by Gasteiger charge is 2.53. The molecule has 1 aliphatic carbocycles. The summed E-state index contributed by atoms with van der Waals surface area (Å²) in [6.45, 7) is 5.34. The lowest BCUT2D eigenvalue weighted by Crippen LogP contribution is -2.53. The van der Waals surface area contributed by atoms with E-state index in [1.807, 2.05) is 9.80 Å². The predicted octanol–water partition coefficient (Wildman–Crippen LogP) is 1.63. The van der Waals surface area contributed by atoms with Crippen molar-refractivity contribution in [2.24, 2.45) is 11.8 Å². The molecule has 32 heavy (non-hydrogen) atoms. The Balaban J connectivity index is 1.23. The summed E-state index contributed by atoms with van der Waals surface area (Å²) in [6.07, 6.45) is 9.08. The number of carbonyl (C=O) groups is 4. The van der Waals surface area contributed by atoms with Crippen LogP contribution in [0.4, 0.5) is 4.79 Å². The van der Waals surface area contributed by atoms with E-state index in [1.54, 1.807) is 0 Å². The number of hydrogen-bond acceptors (Lipinski definition) is 5.